The minimum atomic E-state index is -0.226. The molecule has 3 nitrogen and oxygen atoms in total. The van der Waals surface area contributed by atoms with Crippen LogP contribution in [0.1, 0.15) is 18.5 Å². The first-order chi connectivity index (χ1) is 5.11. The van der Waals surface area contributed by atoms with Crippen LogP contribution in [0.4, 0.5) is 0 Å². The van der Waals surface area contributed by atoms with Crippen LogP contribution in [-0.2, 0) is 0 Å². The Morgan fingerprint density at radius 2 is 2.36 bits per heavy atom. The number of nitrogens with one attached hydrogen (secondary N) is 1. The highest BCUT2D eigenvalue weighted by molar-refractivity contribution is 9.10. The van der Waals surface area contributed by atoms with Crippen LogP contribution in [0.15, 0.2) is 21.5 Å². The van der Waals surface area contributed by atoms with E-state index in [1.54, 1.807) is 19.2 Å². The number of halogens is 1. The number of nitrogens with two attached hydrogens (primary N) is 1. The van der Waals surface area contributed by atoms with Crippen molar-refractivity contribution in [1.82, 2.24) is 4.98 Å². The van der Waals surface area contributed by atoms with Gasteiger partial charge in [0, 0.05) is 22.3 Å². The van der Waals surface area contributed by atoms with Gasteiger partial charge in [-0.2, -0.15) is 0 Å². The predicted octanol–water partition coefficient (Wildman–Crippen LogP) is 1.16. The second-order valence-corrected chi connectivity index (χ2v) is 3.31. The summed E-state index contributed by atoms with van der Waals surface area (Å²) in [7, 11) is 0. The molecule has 1 rings (SSSR count). The first kappa shape index (κ1) is 8.49. The fourth-order valence-electron chi connectivity index (χ4n) is 0.812. The van der Waals surface area contributed by atoms with E-state index in [-0.39, 0.29) is 11.6 Å². The topological polar surface area (TPSA) is 58.9 Å². The number of hydrogen-bond donors (Lipinski definition) is 2. The van der Waals surface area contributed by atoms with Gasteiger partial charge in [0.25, 0.3) is 5.56 Å². The summed E-state index contributed by atoms with van der Waals surface area (Å²) in [5.41, 5.74) is 6.02. The molecule has 0 radical (unpaired) electrons. The summed E-state index contributed by atoms with van der Waals surface area (Å²) in [4.78, 5) is 13.6. The first-order valence-corrected chi connectivity index (χ1v) is 4.04. The van der Waals surface area contributed by atoms with Gasteiger partial charge in [-0.3, -0.25) is 4.79 Å². The van der Waals surface area contributed by atoms with Crippen LogP contribution in [0, 0.1) is 0 Å². The molecule has 1 heterocycles. The second kappa shape index (κ2) is 3.19. The van der Waals surface area contributed by atoms with Crippen molar-refractivity contribution < 1.29 is 0 Å². The number of aromatic nitrogens is 1. The smallest absolute Gasteiger partial charge is 0.252 e. The normalized spacial score (nSPS) is 13.0. The summed E-state index contributed by atoms with van der Waals surface area (Å²) in [6, 6.07) is 1.50. The Bertz CT molecular complexity index is 306. The van der Waals surface area contributed by atoms with Gasteiger partial charge in [-0.1, -0.05) is 0 Å². The molecule has 0 aliphatic rings. The number of H-pyrrole nitrogens is 1. The Labute approximate surface area is 72.7 Å². The molecule has 0 aromatic carbocycles. The minimum Gasteiger partial charge on any atom is -0.328 e. The Morgan fingerprint density at radius 3 is 2.82 bits per heavy atom. The molecule has 3 N–H and O–H groups in total. The molecule has 1 atom stereocenters. The number of pyridine rings is 1. The van der Waals surface area contributed by atoms with E-state index >= 15 is 0 Å². The minimum absolute atomic E-state index is 0.122. The van der Waals surface area contributed by atoms with Crippen LogP contribution < -0.4 is 11.3 Å². The van der Waals surface area contributed by atoms with Crippen molar-refractivity contribution in [3.8, 4) is 0 Å². The highest BCUT2D eigenvalue weighted by Gasteiger charge is 2.04. The molecule has 0 saturated heterocycles. The Balaban J connectivity index is 3.24. The third kappa shape index (κ3) is 1.91. The third-order valence-corrected chi connectivity index (χ3v) is 1.85. The van der Waals surface area contributed by atoms with E-state index in [1.165, 1.54) is 0 Å². The molecule has 1 aromatic rings. The molecular formula is C7H9BrN2O. The lowest BCUT2D eigenvalue weighted by Gasteiger charge is -2.02. The lowest BCUT2D eigenvalue weighted by molar-refractivity contribution is 0.798. The summed E-state index contributed by atoms with van der Waals surface area (Å²) in [6.07, 6.45) is 1.59. The van der Waals surface area contributed by atoms with Crippen LogP contribution in [0.3, 0.4) is 0 Å². The van der Waals surface area contributed by atoms with Crippen LogP contribution >= 0.6 is 15.9 Å². The van der Waals surface area contributed by atoms with Gasteiger partial charge in [-0.15, -0.1) is 0 Å². The maximum absolute atomic E-state index is 11.1. The zero-order chi connectivity index (χ0) is 8.43. The number of rotatable bonds is 1. The zero-order valence-corrected chi connectivity index (χ0v) is 7.68. The largest absolute Gasteiger partial charge is 0.328 e. The molecule has 0 bridgehead atoms. The molecule has 0 saturated carbocycles. The molecule has 0 fully saturated rings. The maximum Gasteiger partial charge on any atom is 0.252 e. The molecule has 0 unspecified atom stereocenters. The quantitative estimate of drug-likeness (QED) is 0.741. The molecular weight excluding hydrogens is 208 g/mol. The average Bonchev–Trinajstić information content (AvgIpc) is 1.94. The predicted molar refractivity (Wildman–Crippen MR) is 47.4 cm³/mol. The van der Waals surface area contributed by atoms with E-state index in [1.807, 2.05) is 0 Å². The summed E-state index contributed by atoms with van der Waals surface area (Å²) in [5.74, 6) is 0. The van der Waals surface area contributed by atoms with Crippen LogP contribution in [0.5, 0.6) is 0 Å². The number of aromatic amines is 1. The first-order valence-electron chi connectivity index (χ1n) is 3.25. The molecule has 0 spiro atoms. The molecule has 0 amide bonds. The van der Waals surface area contributed by atoms with E-state index in [9.17, 15) is 4.79 Å². The summed E-state index contributed by atoms with van der Waals surface area (Å²) in [5, 5.41) is 0. The number of hydrogen-bond acceptors (Lipinski definition) is 2. The van der Waals surface area contributed by atoms with Crippen molar-refractivity contribution in [3.05, 3.63) is 32.7 Å². The fraction of sp³-hybridized carbons (Fsp3) is 0.286. The second-order valence-electron chi connectivity index (χ2n) is 2.39. The van der Waals surface area contributed by atoms with Gasteiger partial charge >= 0.3 is 0 Å². The van der Waals surface area contributed by atoms with E-state index in [0.717, 1.165) is 4.47 Å². The van der Waals surface area contributed by atoms with Gasteiger partial charge < -0.3 is 10.7 Å². The van der Waals surface area contributed by atoms with Crippen molar-refractivity contribution in [2.24, 2.45) is 5.73 Å². The summed E-state index contributed by atoms with van der Waals surface area (Å²) < 4.78 is 0.837. The lowest BCUT2D eigenvalue weighted by Crippen LogP contribution is -2.18. The Morgan fingerprint density at radius 1 is 1.73 bits per heavy atom. The molecule has 0 aliphatic heterocycles. The molecule has 11 heavy (non-hydrogen) atoms. The highest BCUT2D eigenvalue weighted by Crippen LogP contribution is 2.10. The Kier molecular flexibility index (Phi) is 2.46. The molecule has 0 aliphatic carbocycles. The van der Waals surface area contributed by atoms with Crippen molar-refractivity contribution in [3.63, 3.8) is 0 Å². The van der Waals surface area contributed by atoms with E-state index in [2.05, 4.69) is 20.9 Å². The Hall–Kier alpha value is -0.610. The van der Waals surface area contributed by atoms with E-state index in [0.29, 0.717) is 5.56 Å². The molecule has 60 valence electrons. The van der Waals surface area contributed by atoms with Crippen LogP contribution in [0.25, 0.3) is 0 Å². The van der Waals surface area contributed by atoms with Crippen LogP contribution in [-0.4, -0.2) is 4.98 Å². The van der Waals surface area contributed by atoms with Gasteiger partial charge in [0.15, 0.2) is 0 Å². The van der Waals surface area contributed by atoms with E-state index in [4.69, 9.17) is 5.73 Å². The van der Waals surface area contributed by atoms with Crippen molar-refractivity contribution in [1.29, 1.82) is 0 Å². The zero-order valence-electron chi connectivity index (χ0n) is 6.10. The lowest BCUT2D eigenvalue weighted by atomic mass is 10.1. The SMILES string of the molecule is C[C@H](N)c1cc(Br)c[nH]c1=O. The average molecular weight is 217 g/mol. The van der Waals surface area contributed by atoms with E-state index < -0.39 is 0 Å². The fourth-order valence-corrected chi connectivity index (χ4v) is 1.17. The molecule has 4 heteroatoms. The maximum atomic E-state index is 11.1. The highest BCUT2D eigenvalue weighted by atomic mass is 79.9. The monoisotopic (exact) mass is 216 g/mol. The van der Waals surface area contributed by atoms with Crippen LogP contribution in [0.2, 0.25) is 0 Å². The summed E-state index contributed by atoms with van der Waals surface area (Å²) >= 11 is 3.24. The van der Waals surface area contributed by atoms with Gasteiger partial charge in [0.05, 0.1) is 0 Å². The summed E-state index contributed by atoms with van der Waals surface area (Å²) in [6.45, 7) is 1.77. The molecule has 1 aromatic heterocycles. The third-order valence-electron chi connectivity index (χ3n) is 1.39. The van der Waals surface area contributed by atoms with Gasteiger partial charge in [0.2, 0.25) is 0 Å². The van der Waals surface area contributed by atoms with Gasteiger partial charge in [0.1, 0.15) is 0 Å². The van der Waals surface area contributed by atoms with Crippen molar-refractivity contribution in [2.45, 2.75) is 13.0 Å². The van der Waals surface area contributed by atoms with Gasteiger partial charge in [-0.05, 0) is 28.9 Å². The van der Waals surface area contributed by atoms with Crippen molar-refractivity contribution >= 4 is 15.9 Å². The standard InChI is InChI=1S/C7H9BrN2O/c1-4(9)6-2-5(8)3-10-7(6)11/h2-4H,9H2,1H3,(H,10,11)/t4-/m0/s1. The van der Waals surface area contributed by atoms with Gasteiger partial charge in [-0.25, -0.2) is 0 Å². The van der Waals surface area contributed by atoms with Crippen molar-refractivity contribution in [2.75, 3.05) is 0 Å².